The first-order valence-corrected chi connectivity index (χ1v) is 8.07. The fourth-order valence-corrected chi connectivity index (χ4v) is 2.61. The standard InChI is InChI=1S/C18H16ClF2N3O/c1-24(9-10-25-13-6-4-5-12(19)11-13)18-14-7-2-3-8-15(14)22-17(23-18)16(20)21/h2-8,11,16H,9-10H2,1H3. The third-order valence-corrected chi connectivity index (χ3v) is 3.88. The second kappa shape index (κ2) is 7.61. The summed E-state index contributed by atoms with van der Waals surface area (Å²) in [5.41, 5.74) is 0.491. The van der Waals surface area contributed by atoms with E-state index < -0.39 is 12.2 Å². The summed E-state index contributed by atoms with van der Waals surface area (Å²) in [4.78, 5) is 9.73. The molecule has 0 aliphatic carbocycles. The summed E-state index contributed by atoms with van der Waals surface area (Å²) in [6, 6.07) is 14.2. The number of anilines is 1. The topological polar surface area (TPSA) is 38.2 Å². The zero-order valence-electron chi connectivity index (χ0n) is 13.5. The van der Waals surface area contributed by atoms with E-state index in [-0.39, 0.29) is 0 Å². The van der Waals surface area contributed by atoms with Crippen LogP contribution in [0.5, 0.6) is 5.75 Å². The summed E-state index contributed by atoms with van der Waals surface area (Å²) in [5, 5.41) is 1.31. The van der Waals surface area contributed by atoms with Crippen LogP contribution in [-0.4, -0.2) is 30.2 Å². The molecular formula is C18H16ClF2N3O. The van der Waals surface area contributed by atoms with Gasteiger partial charge in [0.2, 0.25) is 0 Å². The molecule has 0 atom stereocenters. The second-order valence-electron chi connectivity index (χ2n) is 5.45. The first kappa shape index (κ1) is 17.4. The Morgan fingerprint density at radius 3 is 2.68 bits per heavy atom. The van der Waals surface area contributed by atoms with Gasteiger partial charge in [-0.15, -0.1) is 0 Å². The molecule has 2 aromatic carbocycles. The van der Waals surface area contributed by atoms with Crippen LogP contribution in [0.1, 0.15) is 12.2 Å². The number of rotatable bonds is 6. The van der Waals surface area contributed by atoms with E-state index in [9.17, 15) is 8.78 Å². The number of para-hydroxylation sites is 1. The molecule has 0 radical (unpaired) electrons. The summed E-state index contributed by atoms with van der Waals surface area (Å²) >= 11 is 5.92. The first-order valence-electron chi connectivity index (χ1n) is 7.69. The van der Waals surface area contributed by atoms with Crippen LogP contribution in [0.3, 0.4) is 0 Å². The maximum atomic E-state index is 13.1. The van der Waals surface area contributed by atoms with Gasteiger partial charge < -0.3 is 9.64 Å². The van der Waals surface area contributed by atoms with Crippen LogP contribution in [0.2, 0.25) is 5.02 Å². The van der Waals surface area contributed by atoms with Gasteiger partial charge in [0.1, 0.15) is 18.2 Å². The molecule has 0 saturated heterocycles. The molecule has 1 heterocycles. The third kappa shape index (κ3) is 4.14. The van der Waals surface area contributed by atoms with Crippen molar-refractivity contribution >= 4 is 28.3 Å². The zero-order valence-corrected chi connectivity index (χ0v) is 14.3. The molecule has 0 aliphatic rings. The Labute approximate surface area is 149 Å². The Hall–Kier alpha value is -2.47. The van der Waals surface area contributed by atoms with Gasteiger partial charge in [-0.2, -0.15) is 0 Å². The van der Waals surface area contributed by atoms with Gasteiger partial charge in [0.15, 0.2) is 5.82 Å². The van der Waals surface area contributed by atoms with E-state index in [1.54, 1.807) is 48.3 Å². The van der Waals surface area contributed by atoms with Gasteiger partial charge in [-0.05, 0) is 30.3 Å². The van der Waals surface area contributed by atoms with Crippen LogP contribution in [0.15, 0.2) is 48.5 Å². The van der Waals surface area contributed by atoms with Crippen molar-refractivity contribution in [3.05, 3.63) is 59.4 Å². The van der Waals surface area contributed by atoms with E-state index in [2.05, 4.69) is 9.97 Å². The molecule has 0 fully saturated rings. The normalized spacial score (nSPS) is 11.1. The molecule has 130 valence electrons. The van der Waals surface area contributed by atoms with Gasteiger partial charge in [0.05, 0.1) is 12.1 Å². The van der Waals surface area contributed by atoms with E-state index in [0.29, 0.717) is 35.3 Å². The number of likely N-dealkylation sites (N-methyl/N-ethyl adjacent to an activating group) is 1. The van der Waals surface area contributed by atoms with Crippen molar-refractivity contribution in [3.63, 3.8) is 0 Å². The maximum Gasteiger partial charge on any atom is 0.297 e. The van der Waals surface area contributed by atoms with Crippen LogP contribution in [-0.2, 0) is 0 Å². The number of nitrogens with zero attached hydrogens (tertiary/aromatic N) is 3. The predicted octanol–water partition coefficient (Wildman–Crippen LogP) is 4.74. The third-order valence-electron chi connectivity index (χ3n) is 3.65. The predicted molar refractivity (Wildman–Crippen MR) is 94.7 cm³/mol. The van der Waals surface area contributed by atoms with Gasteiger partial charge in [-0.25, -0.2) is 18.7 Å². The molecule has 0 saturated carbocycles. The average molecular weight is 364 g/mol. The van der Waals surface area contributed by atoms with Gasteiger partial charge in [-0.3, -0.25) is 0 Å². The van der Waals surface area contributed by atoms with Crippen LogP contribution >= 0.6 is 11.6 Å². The van der Waals surface area contributed by atoms with E-state index in [1.807, 2.05) is 12.1 Å². The number of hydrogen-bond donors (Lipinski definition) is 0. The summed E-state index contributed by atoms with van der Waals surface area (Å²) in [6.07, 6.45) is -2.72. The highest BCUT2D eigenvalue weighted by atomic mass is 35.5. The van der Waals surface area contributed by atoms with Gasteiger partial charge in [0.25, 0.3) is 6.43 Å². The van der Waals surface area contributed by atoms with Crippen molar-refractivity contribution in [2.45, 2.75) is 6.43 Å². The Balaban J connectivity index is 1.78. The first-order chi connectivity index (χ1) is 12.0. The average Bonchev–Trinajstić information content (AvgIpc) is 2.60. The summed E-state index contributed by atoms with van der Waals surface area (Å²) < 4.78 is 31.8. The van der Waals surface area contributed by atoms with Crippen molar-refractivity contribution in [3.8, 4) is 5.75 Å². The number of aromatic nitrogens is 2. The Morgan fingerprint density at radius 1 is 1.12 bits per heavy atom. The van der Waals surface area contributed by atoms with Crippen molar-refractivity contribution < 1.29 is 13.5 Å². The molecule has 3 aromatic rings. The largest absolute Gasteiger partial charge is 0.492 e. The summed E-state index contributed by atoms with van der Waals surface area (Å²) in [7, 11) is 1.78. The molecule has 3 rings (SSSR count). The van der Waals surface area contributed by atoms with E-state index in [1.165, 1.54) is 0 Å². The number of benzene rings is 2. The minimum atomic E-state index is -2.72. The van der Waals surface area contributed by atoms with Gasteiger partial charge in [-0.1, -0.05) is 29.8 Å². The maximum absolute atomic E-state index is 13.1. The quantitative estimate of drug-likeness (QED) is 0.634. The van der Waals surface area contributed by atoms with E-state index >= 15 is 0 Å². The molecule has 0 spiro atoms. The fourth-order valence-electron chi connectivity index (χ4n) is 2.43. The fraction of sp³-hybridized carbons (Fsp3) is 0.222. The van der Waals surface area contributed by atoms with Crippen LogP contribution in [0, 0.1) is 0 Å². The number of fused-ring (bicyclic) bond motifs is 1. The SMILES string of the molecule is CN(CCOc1cccc(Cl)c1)c1nc(C(F)F)nc2ccccc12. The number of halogens is 3. The lowest BCUT2D eigenvalue weighted by molar-refractivity contribution is 0.141. The molecule has 4 nitrogen and oxygen atoms in total. The smallest absolute Gasteiger partial charge is 0.297 e. The highest BCUT2D eigenvalue weighted by molar-refractivity contribution is 6.30. The highest BCUT2D eigenvalue weighted by Crippen LogP contribution is 2.26. The summed E-state index contributed by atoms with van der Waals surface area (Å²) in [5.74, 6) is 0.633. The lowest BCUT2D eigenvalue weighted by atomic mass is 10.2. The van der Waals surface area contributed by atoms with Crippen LogP contribution < -0.4 is 9.64 Å². The Kier molecular flexibility index (Phi) is 5.28. The van der Waals surface area contributed by atoms with Crippen molar-refractivity contribution in [1.82, 2.24) is 9.97 Å². The molecule has 0 unspecified atom stereocenters. The van der Waals surface area contributed by atoms with Crippen molar-refractivity contribution in [2.75, 3.05) is 25.1 Å². The molecule has 0 amide bonds. The Bertz CT molecular complexity index is 876. The molecular weight excluding hydrogens is 348 g/mol. The minimum absolute atomic E-state index is 0.360. The molecule has 0 aliphatic heterocycles. The van der Waals surface area contributed by atoms with Gasteiger partial charge in [0, 0.05) is 17.5 Å². The van der Waals surface area contributed by atoms with Crippen molar-refractivity contribution in [2.24, 2.45) is 0 Å². The highest BCUT2D eigenvalue weighted by Gasteiger charge is 2.17. The molecule has 0 bridgehead atoms. The monoisotopic (exact) mass is 363 g/mol. The molecule has 7 heteroatoms. The number of alkyl halides is 2. The lowest BCUT2D eigenvalue weighted by Gasteiger charge is -2.20. The second-order valence-corrected chi connectivity index (χ2v) is 5.89. The number of ether oxygens (including phenoxy) is 1. The van der Waals surface area contributed by atoms with E-state index in [4.69, 9.17) is 16.3 Å². The number of hydrogen-bond acceptors (Lipinski definition) is 4. The van der Waals surface area contributed by atoms with Gasteiger partial charge >= 0.3 is 0 Å². The molecule has 25 heavy (non-hydrogen) atoms. The Morgan fingerprint density at radius 2 is 1.92 bits per heavy atom. The molecule has 1 aromatic heterocycles. The molecule has 0 N–H and O–H groups in total. The minimum Gasteiger partial charge on any atom is -0.492 e. The summed E-state index contributed by atoms with van der Waals surface area (Å²) in [6.45, 7) is 0.829. The van der Waals surface area contributed by atoms with Crippen molar-refractivity contribution in [1.29, 1.82) is 0 Å². The van der Waals surface area contributed by atoms with Crippen LogP contribution in [0.4, 0.5) is 14.6 Å². The van der Waals surface area contributed by atoms with E-state index in [0.717, 1.165) is 5.39 Å². The zero-order chi connectivity index (χ0) is 17.8. The lowest BCUT2D eigenvalue weighted by Crippen LogP contribution is -2.25. The van der Waals surface area contributed by atoms with Crippen LogP contribution in [0.25, 0.3) is 10.9 Å².